The van der Waals surface area contributed by atoms with Gasteiger partial charge >= 0.3 is 0 Å². The van der Waals surface area contributed by atoms with Gasteiger partial charge in [-0.25, -0.2) is 0 Å². The van der Waals surface area contributed by atoms with E-state index in [1.165, 1.54) is 19.3 Å². The molecule has 1 aromatic rings. The first-order chi connectivity index (χ1) is 8.31. The second kappa shape index (κ2) is 6.39. The molecular formula is C14H20ClNO. The van der Waals surface area contributed by atoms with Crippen LogP contribution in [0.4, 0.5) is 0 Å². The topological polar surface area (TPSA) is 21.3 Å². The van der Waals surface area contributed by atoms with Crippen molar-refractivity contribution >= 4 is 11.6 Å². The van der Waals surface area contributed by atoms with Crippen molar-refractivity contribution in [3.05, 3.63) is 34.9 Å². The molecule has 2 unspecified atom stereocenters. The average Bonchev–Trinajstić information content (AvgIpc) is 2.38. The Hall–Kier alpha value is -0.570. The maximum atomic E-state index is 6.14. The summed E-state index contributed by atoms with van der Waals surface area (Å²) >= 11 is 6.14. The van der Waals surface area contributed by atoms with Gasteiger partial charge in [0, 0.05) is 24.7 Å². The summed E-state index contributed by atoms with van der Waals surface area (Å²) in [6.07, 6.45) is 5.29. The van der Waals surface area contributed by atoms with Crippen LogP contribution >= 0.6 is 11.6 Å². The van der Waals surface area contributed by atoms with Crippen LogP contribution < -0.4 is 5.32 Å². The van der Waals surface area contributed by atoms with Crippen molar-refractivity contribution < 1.29 is 4.74 Å². The van der Waals surface area contributed by atoms with E-state index in [4.69, 9.17) is 16.3 Å². The van der Waals surface area contributed by atoms with Crippen LogP contribution in [0.2, 0.25) is 5.02 Å². The molecule has 1 fully saturated rings. The van der Waals surface area contributed by atoms with E-state index in [1.807, 2.05) is 18.2 Å². The molecule has 3 heteroatoms. The van der Waals surface area contributed by atoms with E-state index >= 15 is 0 Å². The van der Waals surface area contributed by atoms with E-state index in [2.05, 4.69) is 11.4 Å². The summed E-state index contributed by atoms with van der Waals surface area (Å²) in [5.41, 5.74) is 1.16. The Bertz CT molecular complexity index is 356. The number of ether oxygens (including phenoxy) is 1. The number of halogens is 1. The third-order valence-electron chi connectivity index (χ3n) is 3.52. The van der Waals surface area contributed by atoms with Gasteiger partial charge in [0.1, 0.15) is 0 Å². The lowest BCUT2D eigenvalue weighted by molar-refractivity contribution is 0.0413. The first kappa shape index (κ1) is 12.9. The van der Waals surface area contributed by atoms with Gasteiger partial charge in [0.2, 0.25) is 0 Å². The molecule has 0 spiro atoms. The van der Waals surface area contributed by atoms with Crippen LogP contribution in [0, 0.1) is 0 Å². The van der Waals surface area contributed by atoms with Crippen molar-refractivity contribution in [1.29, 1.82) is 0 Å². The second-order valence-electron chi connectivity index (χ2n) is 4.64. The number of methoxy groups -OCH3 is 1. The number of benzene rings is 1. The summed E-state index contributed by atoms with van der Waals surface area (Å²) in [7, 11) is 1.81. The molecule has 0 radical (unpaired) electrons. The predicted molar refractivity (Wildman–Crippen MR) is 71.3 cm³/mol. The minimum Gasteiger partial charge on any atom is -0.380 e. The summed E-state index contributed by atoms with van der Waals surface area (Å²) < 4.78 is 5.53. The van der Waals surface area contributed by atoms with Crippen molar-refractivity contribution in [2.75, 3.05) is 7.11 Å². The minimum atomic E-state index is 0.353. The minimum absolute atomic E-state index is 0.353. The predicted octanol–water partition coefficient (Wildman–Crippen LogP) is 3.39. The van der Waals surface area contributed by atoms with Crippen LogP contribution in [0.25, 0.3) is 0 Å². The van der Waals surface area contributed by atoms with Crippen molar-refractivity contribution in [2.24, 2.45) is 0 Å². The molecule has 0 aliphatic heterocycles. The highest BCUT2D eigenvalue weighted by Crippen LogP contribution is 2.22. The highest BCUT2D eigenvalue weighted by atomic mass is 35.5. The van der Waals surface area contributed by atoms with Crippen molar-refractivity contribution in [1.82, 2.24) is 5.32 Å². The van der Waals surface area contributed by atoms with Gasteiger partial charge < -0.3 is 10.1 Å². The number of nitrogens with one attached hydrogen (secondary N) is 1. The van der Waals surface area contributed by atoms with Crippen LogP contribution in [-0.2, 0) is 11.3 Å². The lowest BCUT2D eigenvalue weighted by atomic mass is 9.92. The third-order valence-corrected chi connectivity index (χ3v) is 3.89. The molecular weight excluding hydrogens is 234 g/mol. The van der Waals surface area contributed by atoms with Gasteiger partial charge in [0.25, 0.3) is 0 Å². The number of hydrogen-bond donors (Lipinski definition) is 1. The second-order valence-corrected chi connectivity index (χ2v) is 5.04. The van der Waals surface area contributed by atoms with Gasteiger partial charge in [-0.1, -0.05) is 42.6 Å². The Morgan fingerprint density at radius 3 is 2.82 bits per heavy atom. The molecule has 2 atom stereocenters. The van der Waals surface area contributed by atoms with Crippen LogP contribution in [0.3, 0.4) is 0 Å². The smallest absolute Gasteiger partial charge is 0.0724 e. The molecule has 94 valence electrons. The highest BCUT2D eigenvalue weighted by molar-refractivity contribution is 6.31. The standard InChI is InChI=1S/C14H20ClNO/c1-17-14-9-5-4-8-13(14)16-10-11-6-2-3-7-12(11)15/h2-3,6-7,13-14,16H,4-5,8-10H2,1H3. The molecule has 0 saturated heterocycles. The average molecular weight is 254 g/mol. The molecule has 2 rings (SSSR count). The van der Waals surface area contributed by atoms with E-state index in [0.717, 1.165) is 23.6 Å². The maximum Gasteiger partial charge on any atom is 0.0724 e. The molecule has 0 amide bonds. The van der Waals surface area contributed by atoms with Crippen LogP contribution in [-0.4, -0.2) is 19.3 Å². The van der Waals surface area contributed by atoms with E-state index < -0.39 is 0 Å². The van der Waals surface area contributed by atoms with E-state index in [9.17, 15) is 0 Å². The summed E-state index contributed by atoms with van der Waals surface area (Å²) in [5, 5.41) is 4.41. The maximum absolute atomic E-state index is 6.14. The number of rotatable bonds is 4. The van der Waals surface area contributed by atoms with E-state index in [-0.39, 0.29) is 0 Å². The molecule has 1 aliphatic carbocycles. The lowest BCUT2D eigenvalue weighted by Crippen LogP contribution is -2.42. The lowest BCUT2D eigenvalue weighted by Gasteiger charge is -2.31. The fourth-order valence-electron chi connectivity index (χ4n) is 2.50. The summed E-state index contributed by atoms with van der Waals surface area (Å²) in [6.45, 7) is 0.824. The molecule has 1 saturated carbocycles. The zero-order valence-corrected chi connectivity index (χ0v) is 11.0. The first-order valence-electron chi connectivity index (χ1n) is 6.31. The fraction of sp³-hybridized carbons (Fsp3) is 0.571. The zero-order chi connectivity index (χ0) is 12.1. The molecule has 1 aromatic carbocycles. The fourth-order valence-corrected chi connectivity index (χ4v) is 2.70. The Kier molecular flexibility index (Phi) is 4.84. The molecule has 0 bridgehead atoms. The summed E-state index contributed by atoms with van der Waals surface area (Å²) in [5.74, 6) is 0. The van der Waals surface area contributed by atoms with Gasteiger partial charge in [-0.05, 0) is 24.5 Å². The van der Waals surface area contributed by atoms with Gasteiger partial charge in [-0.3, -0.25) is 0 Å². The van der Waals surface area contributed by atoms with E-state index in [0.29, 0.717) is 12.1 Å². The summed E-state index contributed by atoms with van der Waals surface area (Å²) in [4.78, 5) is 0. The van der Waals surface area contributed by atoms with Crippen molar-refractivity contribution in [3.8, 4) is 0 Å². The Labute approximate surface area is 108 Å². The van der Waals surface area contributed by atoms with E-state index in [1.54, 1.807) is 7.11 Å². The molecule has 1 N–H and O–H groups in total. The molecule has 17 heavy (non-hydrogen) atoms. The quantitative estimate of drug-likeness (QED) is 0.888. The van der Waals surface area contributed by atoms with Crippen LogP contribution in [0.15, 0.2) is 24.3 Å². The molecule has 1 aliphatic rings. The van der Waals surface area contributed by atoms with Crippen molar-refractivity contribution in [3.63, 3.8) is 0 Å². The normalized spacial score (nSPS) is 24.8. The van der Waals surface area contributed by atoms with Gasteiger partial charge in [0.05, 0.1) is 6.10 Å². The van der Waals surface area contributed by atoms with Crippen LogP contribution in [0.5, 0.6) is 0 Å². The third kappa shape index (κ3) is 3.44. The SMILES string of the molecule is COC1CCCCC1NCc1ccccc1Cl. The summed E-state index contributed by atoms with van der Waals surface area (Å²) in [6, 6.07) is 8.46. The molecule has 2 nitrogen and oxygen atoms in total. The van der Waals surface area contributed by atoms with Gasteiger partial charge in [-0.15, -0.1) is 0 Å². The largest absolute Gasteiger partial charge is 0.380 e. The van der Waals surface area contributed by atoms with Crippen LogP contribution in [0.1, 0.15) is 31.2 Å². The molecule has 0 aromatic heterocycles. The monoisotopic (exact) mass is 253 g/mol. The Morgan fingerprint density at radius 2 is 2.06 bits per heavy atom. The Balaban J connectivity index is 1.90. The number of hydrogen-bond acceptors (Lipinski definition) is 2. The highest BCUT2D eigenvalue weighted by Gasteiger charge is 2.24. The molecule has 0 heterocycles. The van der Waals surface area contributed by atoms with Crippen molar-refractivity contribution in [2.45, 2.75) is 44.4 Å². The van der Waals surface area contributed by atoms with Gasteiger partial charge in [0.15, 0.2) is 0 Å². The Morgan fingerprint density at radius 1 is 1.29 bits per heavy atom. The zero-order valence-electron chi connectivity index (χ0n) is 10.3. The first-order valence-corrected chi connectivity index (χ1v) is 6.68. The van der Waals surface area contributed by atoms with Gasteiger partial charge in [-0.2, -0.15) is 0 Å².